The average Bonchev–Trinajstić information content (AvgIpc) is 2.52. The molecule has 1 aliphatic heterocycles. The van der Waals surface area contributed by atoms with E-state index in [9.17, 15) is 4.79 Å². The van der Waals surface area contributed by atoms with Gasteiger partial charge in [-0.1, -0.05) is 0 Å². The van der Waals surface area contributed by atoms with E-state index in [0.29, 0.717) is 0 Å². The van der Waals surface area contributed by atoms with Crippen LogP contribution in [0.5, 0.6) is 0 Å². The van der Waals surface area contributed by atoms with E-state index in [2.05, 4.69) is 5.32 Å². The third kappa shape index (κ3) is 1.52. The van der Waals surface area contributed by atoms with Crippen molar-refractivity contribution in [2.24, 2.45) is 0 Å². The Morgan fingerprint density at radius 2 is 2.33 bits per heavy atom. The number of hydrogen-bond donors (Lipinski definition) is 2. The third-order valence-corrected chi connectivity index (χ3v) is 2.75. The number of carbonyl (C=O) groups is 1. The molecule has 0 spiro atoms. The van der Waals surface area contributed by atoms with E-state index in [1.165, 1.54) is 0 Å². The smallest absolute Gasteiger partial charge is 0.321 e. The Bertz CT molecular complexity index is 403. The summed E-state index contributed by atoms with van der Waals surface area (Å²) in [5.41, 5.74) is 8.57. The van der Waals surface area contributed by atoms with Gasteiger partial charge in [0, 0.05) is 24.5 Å². The molecule has 0 aromatic heterocycles. The second-order valence-corrected chi connectivity index (χ2v) is 3.87. The number of nitrogen functional groups attached to an aromatic ring is 1. The van der Waals surface area contributed by atoms with E-state index in [1.807, 2.05) is 25.1 Å². The number of fused-ring (bicyclic) bond motifs is 1. The van der Waals surface area contributed by atoms with Gasteiger partial charge in [-0.15, -0.1) is 0 Å². The molecule has 1 aromatic carbocycles. The molecule has 4 heteroatoms. The minimum absolute atomic E-state index is 0.0639. The summed E-state index contributed by atoms with van der Waals surface area (Å²) in [6.45, 7) is 2.03. The number of nitrogens with one attached hydrogen (secondary N) is 1. The summed E-state index contributed by atoms with van der Waals surface area (Å²) in [6, 6.07) is 5.80. The minimum atomic E-state index is -0.0639. The van der Waals surface area contributed by atoms with Crippen molar-refractivity contribution in [1.29, 1.82) is 0 Å². The summed E-state index contributed by atoms with van der Waals surface area (Å²) in [4.78, 5) is 13.4. The zero-order valence-electron chi connectivity index (χ0n) is 8.95. The van der Waals surface area contributed by atoms with Gasteiger partial charge in [-0.2, -0.15) is 0 Å². The van der Waals surface area contributed by atoms with Crippen molar-refractivity contribution in [3.05, 3.63) is 23.8 Å². The number of amides is 2. The second kappa shape index (κ2) is 3.46. The molecule has 3 N–H and O–H groups in total. The van der Waals surface area contributed by atoms with Crippen LogP contribution in [-0.2, 0) is 6.42 Å². The van der Waals surface area contributed by atoms with Crippen molar-refractivity contribution in [3.8, 4) is 0 Å². The van der Waals surface area contributed by atoms with Gasteiger partial charge >= 0.3 is 6.03 Å². The summed E-state index contributed by atoms with van der Waals surface area (Å²) in [6.07, 6.45) is 0.869. The number of rotatable bonds is 0. The van der Waals surface area contributed by atoms with E-state index in [4.69, 9.17) is 5.73 Å². The van der Waals surface area contributed by atoms with Gasteiger partial charge in [0.15, 0.2) is 0 Å². The van der Waals surface area contributed by atoms with Crippen molar-refractivity contribution in [2.45, 2.75) is 19.4 Å². The van der Waals surface area contributed by atoms with Gasteiger partial charge < -0.3 is 11.1 Å². The Kier molecular flexibility index (Phi) is 2.26. The predicted octanol–water partition coefficient (Wildman–Crippen LogP) is 1.36. The molecular formula is C11H15N3O. The normalized spacial score (nSPS) is 18.8. The van der Waals surface area contributed by atoms with Crippen LogP contribution in [0, 0.1) is 0 Å². The molecule has 1 heterocycles. The van der Waals surface area contributed by atoms with Crippen LogP contribution in [0.2, 0.25) is 0 Å². The van der Waals surface area contributed by atoms with Gasteiger partial charge in [0.2, 0.25) is 0 Å². The summed E-state index contributed by atoms with van der Waals surface area (Å²) in [5, 5.41) is 2.65. The molecular weight excluding hydrogens is 190 g/mol. The molecule has 1 unspecified atom stereocenters. The molecule has 1 aliphatic rings. The molecule has 4 nitrogen and oxygen atoms in total. The van der Waals surface area contributed by atoms with Crippen LogP contribution in [-0.4, -0.2) is 19.1 Å². The third-order valence-electron chi connectivity index (χ3n) is 2.75. The number of nitrogens with two attached hydrogens (primary N) is 1. The van der Waals surface area contributed by atoms with Crippen LogP contribution in [0.15, 0.2) is 18.2 Å². The highest BCUT2D eigenvalue weighted by molar-refractivity contribution is 5.95. The molecule has 0 radical (unpaired) electrons. The van der Waals surface area contributed by atoms with E-state index in [0.717, 1.165) is 23.4 Å². The Balaban J connectivity index is 2.41. The topological polar surface area (TPSA) is 58.4 Å². The highest BCUT2D eigenvalue weighted by Gasteiger charge is 2.30. The number of benzene rings is 1. The number of carbonyl (C=O) groups excluding carboxylic acids is 1. The lowest BCUT2D eigenvalue weighted by molar-refractivity contribution is 0.247. The van der Waals surface area contributed by atoms with Crippen LogP contribution in [0.4, 0.5) is 16.2 Å². The Hall–Kier alpha value is -1.71. The number of nitrogens with zero attached hydrogens (tertiary/aromatic N) is 1. The lowest BCUT2D eigenvalue weighted by Gasteiger charge is -2.21. The average molecular weight is 205 g/mol. The van der Waals surface area contributed by atoms with Crippen LogP contribution in [0.25, 0.3) is 0 Å². The summed E-state index contributed by atoms with van der Waals surface area (Å²) in [7, 11) is 1.64. The molecule has 0 saturated heterocycles. The molecule has 1 atom stereocenters. The fourth-order valence-corrected chi connectivity index (χ4v) is 2.08. The van der Waals surface area contributed by atoms with E-state index in [-0.39, 0.29) is 12.1 Å². The van der Waals surface area contributed by atoms with Gasteiger partial charge in [0.25, 0.3) is 0 Å². The van der Waals surface area contributed by atoms with Gasteiger partial charge in [-0.25, -0.2) is 4.79 Å². The Morgan fingerprint density at radius 1 is 1.60 bits per heavy atom. The van der Waals surface area contributed by atoms with E-state index >= 15 is 0 Å². The number of anilines is 2. The molecule has 0 saturated carbocycles. The molecule has 0 aliphatic carbocycles. The Morgan fingerprint density at radius 3 is 3.00 bits per heavy atom. The molecule has 2 amide bonds. The minimum Gasteiger partial charge on any atom is -0.399 e. The largest absolute Gasteiger partial charge is 0.399 e. The van der Waals surface area contributed by atoms with Crippen molar-refractivity contribution in [1.82, 2.24) is 5.32 Å². The van der Waals surface area contributed by atoms with Gasteiger partial charge in [0.05, 0.1) is 0 Å². The maximum Gasteiger partial charge on any atom is 0.321 e. The zero-order chi connectivity index (χ0) is 11.0. The van der Waals surface area contributed by atoms with E-state index < -0.39 is 0 Å². The molecule has 2 rings (SSSR count). The zero-order valence-corrected chi connectivity index (χ0v) is 8.95. The van der Waals surface area contributed by atoms with Crippen LogP contribution >= 0.6 is 0 Å². The van der Waals surface area contributed by atoms with Crippen LogP contribution in [0.3, 0.4) is 0 Å². The van der Waals surface area contributed by atoms with Crippen molar-refractivity contribution in [2.75, 3.05) is 17.7 Å². The lowest BCUT2D eigenvalue weighted by atomic mass is 10.1. The van der Waals surface area contributed by atoms with Gasteiger partial charge in [-0.3, -0.25) is 4.90 Å². The van der Waals surface area contributed by atoms with Crippen LogP contribution < -0.4 is 16.0 Å². The second-order valence-electron chi connectivity index (χ2n) is 3.87. The molecule has 1 aromatic rings. The number of urea groups is 1. The molecule has 0 bridgehead atoms. The SMILES string of the molecule is CNC(=O)N1c2ccc(N)cc2CC1C. The monoisotopic (exact) mass is 205 g/mol. The van der Waals surface area contributed by atoms with Crippen LogP contribution in [0.1, 0.15) is 12.5 Å². The van der Waals surface area contributed by atoms with Crippen molar-refractivity contribution >= 4 is 17.4 Å². The molecule has 80 valence electrons. The first-order chi connectivity index (χ1) is 7.13. The maximum absolute atomic E-state index is 11.7. The highest BCUT2D eigenvalue weighted by Crippen LogP contribution is 2.33. The lowest BCUT2D eigenvalue weighted by Crippen LogP contribution is -2.41. The maximum atomic E-state index is 11.7. The standard InChI is InChI=1S/C11H15N3O/c1-7-5-8-6-9(12)3-4-10(8)14(7)11(15)13-2/h3-4,6-7H,5,12H2,1-2H3,(H,13,15). The summed E-state index contributed by atoms with van der Waals surface area (Å²) >= 11 is 0. The fourth-order valence-electron chi connectivity index (χ4n) is 2.08. The molecule has 15 heavy (non-hydrogen) atoms. The quantitative estimate of drug-likeness (QED) is 0.628. The first-order valence-corrected chi connectivity index (χ1v) is 5.03. The first-order valence-electron chi connectivity index (χ1n) is 5.03. The first kappa shape index (κ1) is 9.83. The fraction of sp³-hybridized carbons (Fsp3) is 0.364. The van der Waals surface area contributed by atoms with Gasteiger partial charge in [0.1, 0.15) is 0 Å². The van der Waals surface area contributed by atoms with E-state index in [1.54, 1.807) is 11.9 Å². The Labute approximate surface area is 89.1 Å². The van der Waals surface area contributed by atoms with Gasteiger partial charge in [-0.05, 0) is 37.1 Å². The molecule has 0 fully saturated rings. The van der Waals surface area contributed by atoms with Crippen molar-refractivity contribution < 1.29 is 4.79 Å². The summed E-state index contributed by atoms with van der Waals surface area (Å²) in [5.74, 6) is 0. The highest BCUT2D eigenvalue weighted by atomic mass is 16.2. The predicted molar refractivity (Wildman–Crippen MR) is 61.0 cm³/mol. The van der Waals surface area contributed by atoms with Crippen molar-refractivity contribution in [3.63, 3.8) is 0 Å². The number of hydrogen-bond acceptors (Lipinski definition) is 2. The summed E-state index contributed by atoms with van der Waals surface area (Å²) < 4.78 is 0.